The van der Waals surface area contributed by atoms with Crippen LogP contribution in [-0.2, 0) is 6.54 Å². The molecule has 1 saturated carbocycles. The molecule has 4 heterocycles. The Balaban J connectivity index is 1.29. The van der Waals surface area contributed by atoms with Gasteiger partial charge in [-0.25, -0.2) is 14.7 Å². The number of aromatic nitrogens is 3. The molecule has 10 heteroatoms. The minimum Gasteiger partial charge on any atom is -0.340 e. The first kappa shape index (κ1) is 24.2. The lowest BCUT2D eigenvalue weighted by atomic mass is 10.1. The van der Waals surface area contributed by atoms with Gasteiger partial charge in [-0.15, -0.1) is 0 Å². The largest absolute Gasteiger partial charge is 0.340 e. The van der Waals surface area contributed by atoms with Crippen molar-refractivity contribution in [2.24, 2.45) is 4.99 Å². The fraction of sp³-hybridized carbons (Fsp3) is 0.241. The van der Waals surface area contributed by atoms with E-state index in [0.717, 1.165) is 36.1 Å². The zero-order chi connectivity index (χ0) is 26.7. The zero-order valence-electron chi connectivity index (χ0n) is 21.2. The number of hydrogen-bond acceptors (Lipinski definition) is 6. The minimum absolute atomic E-state index is 0.107. The molecule has 4 aromatic rings. The van der Waals surface area contributed by atoms with Crippen molar-refractivity contribution >= 4 is 52.4 Å². The molecule has 1 fully saturated rings. The summed E-state index contributed by atoms with van der Waals surface area (Å²) in [5, 5.41) is 9.42. The second-order valence-corrected chi connectivity index (χ2v) is 10.9. The summed E-state index contributed by atoms with van der Waals surface area (Å²) in [6.07, 6.45) is 3.21. The van der Waals surface area contributed by atoms with Crippen LogP contribution in [0.2, 0.25) is 10.2 Å². The minimum atomic E-state index is -0.107. The number of pyridine rings is 1. The number of fused-ring (bicyclic) bond motifs is 5. The molecule has 1 N–H and O–H groups in total. The second-order valence-electron chi connectivity index (χ2n) is 10.1. The van der Waals surface area contributed by atoms with Crippen LogP contribution in [0.4, 0.5) is 17.3 Å². The molecule has 2 aliphatic heterocycles. The van der Waals surface area contributed by atoms with E-state index in [1.165, 1.54) is 0 Å². The molecule has 39 heavy (non-hydrogen) atoms. The van der Waals surface area contributed by atoms with E-state index < -0.39 is 0 Å². The first-order valence-corrected chi connectivity index (χ1v) is 13.7. The lowest BCUT2D eigenvalue weighted by Crippen LogP contribution is -2.51. The summed E-state index contributed by atoms with van der Waals surface area (Å²) >= 11 is 12.3. The van der Waals surface area contributed by atoms with Crippen LogP contribution in [0.15, 0.2) is 71.7 Å². The summed E-state index contributed by atoms with van der Waals surface area (Å²) in [5.41, 5.74) is 4.10. The molecule has 2 aromatic heterocycles. The Morgan fingerprint density at radius 3 is 2.59 bits per heavy atom. The Labute approximate surface area is 235 Å². The molecule has 1 amide bonds. The van der Waals surface area contributed by atoms with Gasteiger partial charge in [-0.05, 0) is 49.1 Å². The number of nitrogens with one attached hydrogen (secondary N) is 1. The summed E-state index contributed by atoms with van der Waals surface area (Å²) in [4.78, 5) is 26.9. The SMILES string of the molecule is CN1C(=O)c2c(nn(Cc3ccc(-c4cc(Cl)cc(Cl)n4)cc3)c2Nc2ccccc2)N2C1=N[C@@H]1CCC[C@@H]12. The highest BCUT2D eigenvalue weighted by molar-refractivity contribution is 6.34. The smallest absolute Gasteiger partial charge is 0.267 e. The average molecular weight is 558 g/mol. The molecule has 8 nitrogen and oxygen atoms in total. The Morgan fingerprint density at radius 2 is 1.82 bits per heavy atom. The molecular weight excluding hydrogens is 533 g/mol. The van der Waals surface area contributed by atoms with Crippen molar-refractivity contribution in [3.63, 3.8) is 0 Å². The van der Waals surface area contributed by atoms with Crippen LogP contribution in [0.1, 0.15) is 35.2 Å². The molecule has 0 unspecified atom stereocenters. The van der Waals surface area contributed by atoms with E-state index in [9.17, 15) is 4.79 Å². The molecule has 3 aliphatic rings. The van der Waals surface area contributed by atoms with Crippen molar-refractivity contribution in [1.82, 2.24) is 19.7 Å². The van der Waals surface area contributed by atoms with Crippen molar-refractivity contribution in [3.8, 4) is 11.3 Å². The summed E-state index contributed by atoms with van der Waals surface area (Å²) < 4.78 is 1.89. The van der Waals surface area contributed by atoms with Crippen LogP contribution in [0, 0.1) is 0 Å². The number of hydrogen-bond donors (Lipinski definition) is 1. The van der Waals surface area contributed by atoms with Gasteiger partial charge in [-0.1, -0.05) is 65.7 Å². The van der Waals surface area contributed by atoms with Crippen LogP contribution < -0.4 is 10.2 Å². The van der Waals surface area contributed by atoms with E-state index in [2.05, 4.69) is 15.2 Å². The molecule has 1 aliphatic carbocycles. The van der Waals surface area contributed by atoms with E-state index in [-0.39, 0.29) is 18.0 Å². The predicted molar refractivity (Wildman–Crippen MR) is 154 cm³/mol. The first-order chi connectivity index (χ1) is 19.0. The highest BCUT2D eigenvalue weighted by Crippen LogP contribution is 2.43. The maximum Gasteiger partial charge on any atom is 0.267 e. The van der Waals surface area contributed by atoms with Crippen molar-refractivity contribution in [2.75, 3.05) is 17.3 Å². The predicted octanol–water partition coefficient (Wildman–Crippen LogP) is 6.23. The van der Waals surface area contributed by atoms with Gasteiger partial charge in [0.25, 0.3) is 5.91 Å². The lowest BCUT2D eigenvalue weighted by Gasteiger charge is -2.34. The standard InChI is InChI=1S/C29H25Cl2N7O/c1-36-28(39)25-26(32-20-6-3-2-4-7-20)37(35-27(25)38-23-9-5-8-21(23)34-29(36)38)16-17-10-12-18(13-11-17)22-14-19(30)15-24(31)33-22/h2-4,6-7,10-15,21,23,32H,5,8-9,16H2,1H3/t21-,23+/m1/s1. The van der Waals surface area contributed by atoms with Gasteiger partial charge in [0, 0.05) is 23.3 Å². The number of para-hydroxylation sites is 1. The quantitative estimate of drug-likeness (QED) is 0.294. The Kier molecular flexibility index (Phi) is 5.82. The number of halogens is 2. The monoisotopic (exact) mass is 557 g/mol. The number of guanidine groups is 1. The van der Waals surface area contributed by atoms with Gasteiger partial charge in [0.15, 0.2) is 5.82 Å². The van der Waals surface area contributed by atoms with Crippen LogP contribution in [-0.4, -0.2) is 50.7 Å². The summed E-state index contributed by atoms with van der Waals surface area (Å²) in [7, 11) is 1.80. The first-order valence-electron chi connectivity index (χ1n) is 13.0. The Hall–Kier alpha value is -3.88. The van der Waals surface area contributed by atoms with Crippen LogP contribution in [0.3, 0.4) is 0 Å². The summed E-state index contributed by atoms with van der Waals surface area (Å²) in [6.45, 7) is 0.470. The number of carbonyl (C=O) groups excluding carboxylic acids is 1. The van der Waals surface area contributed by atoms with E-state index in [0.29, 0.717) is 45.6 Å². The third-order valence-corrected chi connectivity index (χ3v) is 8.04. The molecule has 0 saturated heterocycles. The van der Waals surface area contributed by atoms with E-state index in [1.54, 1.807) is 24.1 Å². The maximum atomic E-state index is 13.7. The fourth-order valence-corrected chi connectivity index (χ4v) is 6.24. The highest BCUT2D eigenvalue weighted by Gasteiger charge is 2.49. The van der Waals surface area contributed by atoms with Crippen LogP contribution >= 0.6 is 23.2 Å². The fourth-order valence-electron chi connectivity index (χ4n) is 5.77. The molecule has 2 atom stereocenters. The number of carbonyl (C=O) groups is 1. The van der Waals surface area contributed by atoms with Crippen LogP contribution in [0.5, 0.6) is 0 Å². The van der Waals surface area contributed by atoms with Gasteiger partial charge < -0.3 is 5.32 Å². The van der Waals surface area contributed by atoms with Crippen LogP contribution in [0.25, 0.3) is 11.3 Å². The lowest BCUT2D eigenvalue weighted by molar-refractivity contribution is 0.0866. The van der Waals surface area contributed by atoms with Crippen molar-refractivity contribution in [3.05, 3.63) is 88.0 Å². The van der Waals surface area contributed by atoms with Gasteiger partial charge in [-0.3, -0.25) is 14.6 Å². The normalized spacial score (nSPS) is 19.6. The van der Waals surface area contributed by atoms with Gasteiger partial charge >= 0.3 is 0 Å². The molecule has 2 aromatic carbocycles. The van der Waals surface area contributed by atoms with Gasteiger partial charge in [0.2, 0.25) is 5.96 Å². The van der Waals surface area contributed by atoms with Crippen molar-refractivity contribution in [1.29, 1.82) is 0 Å². The molecule has 7 rings (SSSR count). The number of amides is 1. The maximum absolute atomic E-state index is 13.7. The van der Waals surface area contributed by atoms with Crippen molar-refractivity contribution in [2.45, 2.75) is 37.9 Å². The number of benzene rings is 2. The van der Waals surface area contributed by atoms with E-state index in [1.807, 2.05) is 59.3 Å². The molecule has 0 bridgehead atoms. The van der Waals surface area contributed by atoms with E-state index in [4.69, 9.17) is 33.3 Å². The third-order valence-electron chi connectivity index (χ3n) is 7.63. The second kappa shape index (κ2) is 9.39. The molecular formula is C29H25Cl2N7O. The topological polar surface area (TPSA) is 78.7 Å². The number of nitrogens with zero attached hydrogens (tertiary/aromatic N) is 6. The molecule has 0 spiro atoms. The molecule has 196 valence electrons. The average Bonchev–Trinajstić information content (AvgIpc) is 3.62. The van der Waals surface area contributed by atoms with Gasteiger partial charge in [0.05, 0.1) is 24.3 Å². The summed E-state index contributed by atoms with van der Waals surface area (Å²) in [6, 6.07) is 21.7. The number of rotatable bonds is 5. The van der Waals surface area contributed by atoms with Gasteiger partial charge in [0.1, 0.15) is 16.5 Å². The number of anilines is 3. The van der Waals surface area contributed by atoms with E-state index >= 15 is 0 Å². The molecule has 0 radical (unpaired) electrons. The third kappa shape index (κ3) is 4.15. The van der Waals surface area contributed by atoms with Gasteiger partial charge in [-0.2, -0.15) is 5.10 Å². The zero-order valence-corrected chi connectivity index (χ0v) is 22.7. The summed E-state index contributed by atoms with van der Waals surface area (Å²) in [5.74, 6) is 1.94. The Morgan fingerprint density at radius 1 is 1.03 bits per heavy atom. The number of aliphatic imine (C=N–C) groups is 1. The Bertz CT molecular complexity index is 1600. The highest BCUT2D eigenvalue weighted by atomic mass is 35.5. The van der Waals surface area contributed by atoms with Crippen molar-refractivity contribution < 1.29 is 4.79 Å².